The van der Waals surface area contributed by atoms with Crippen molar-refractivity contribution in [2.75, 3.05) is 26.4 Å². The van der Waals surface area contributed by atoms with Crippen molar-refractivity contribution in [2.24, 2.45) is 5.18 Å². The van der Waals surface area contributed by atoms with Gasteiger partial charge in [-0.05, 0) is 92.9 Å². The maximum absolute atomic E-state index is 10.9. The van der Waals surface area contributed by atoms with E-state index in [-0.39, 0.29) is 0 Å². The van der Waals surface area contributed by atoms with Gasteiger partial charge < -0.3 is 14.6 Å². The Hall–Kier alpha value is -0.780. The van der Waals surface area contributed by atoms with E-state index >= 15 is 0 Å². The molecule has 0 fully saturated rings. The molecule has 0 bridgehead atoms. The number of ether oxygens (including phenoxy) is 2. The molecule has 26 heavy (non-hydrogen) atoms. The molecule has 0 aliphatic carbocycles. The lowest BCUT2D eigenvalue weighted by molar-refractivity contribution is 0.0851. The first kappa shape index (κ1) is 21.5. The molecular weight excluding hydrogens is 560 g/mol. The Morgan fingerprint density at radius 1 is 0.846 bits per heavy atom. The molecule has 0 aliphatic heterocycles. The van der Waals surface area contributed by atoms with Crippen LogP contribution in [-0.2, 0) is 22.3 Å². The van der Waals surface area contributed by atoms with E-state index in [9.17, 15) is 10.0 Å². The SMILES string of the molecule is O=Nc1c(I)cccc1CCOCCCOCCc1cccc(I)c1O. The summed E-state index contributed by atoms with van der Waals surface area (Å²) in [4.78, 5) is 10.9. The van der Waals surface area contributed by atoms with E-state index in [2.05, 4.69) is 50.4 Å². The van der Waals surface area contributed by atoms with Crippen LogP contribution in [0.25, 0.3) is 0 Å². The van der Waals surface area contributed by atoms with Crippen molar-refractivity contribution >= 4 is 50.9 Å². The van der Waals surface area contributed by atoms with Crippen LogP contribution >= 0.6 is 45.2 Å². The molecule has 0 heterocycles. The molecule has 0 saturated heterocycles. The molecular formula is C19H21I2NO4. The molecule has 5 nitrogen and oxygen atoms in total. The summed E-state index contributed by atoms with van der Waals surface area (Å²) < 4.78 is 12.9. The van der Waals surface area contributed by atoms with E-state index in [4.69, 9.17) is 9.47 Å². The number of halogens is 2. The summed E-state index contributed by atoms with van der Waals surface area (Å²) in [7, 11) is 0. The Morgan fingerprint density at radius 2 is 1.42 bits per heavy atom. The fourth-order valence-corrected chi connectivity index (χ4v) is 3.66. The molecule has 140 valence electrons. The van der Waals surface area contributed by atoms with Crippen LogP contribution in [0, 0.1) is 12.0 Å². The summed E-state index contributed by atoms with van der Waals surface area (Å²) in [6, 6.07) is 11.4. The molecule has 2 rings (SSSR count). The van der Waals surface area contributed by atoms with Crippen molar-refractivity contribution in [3.63, 3.8) is 0 Å². The monoisotopic (exact) mass is 581 g/mol. The van der Waals surface area contributed by atoms with Gasteiger partial charge >= 0.3 is 0 Å². The molecule has 0 saturated carbocycles. The van der Waals surface area contributed by atoms with Gasteiger partial charge in [-0.2, -0.15) is 0 Å². The van der Waals surface area contributed by atoms with Crippen LogP contribution in [-0.4, -0.2) is 31.5 Å². The van der Waals surface area contributed by atoms with Gasteiger partial charge in [0.1, 0.15) is 11.4 Å². The highest BCUT2D eigenvalue weighted by Gasteiger charge is 2.07. The second-order valence-electron chi connectivity index (χ2n) is 5.66. The fourth-order valence-electron chi connectivity index (χ4n) is 2.46. The Kier molecular flexibility index (Phi) is 9.79. The summed E-state index contributed by atoms with van der Waals surface area (Å²) >= 11 is 4.23. The number of nitrogens with zero attached hydrogens (tertiary/aromatic N) is 1. The summed E-state index contributed by atoms with van der Waals surface area (Å²) in [5.41, 5.74) is 2.34. The molecule has 0 atom stereocenters. The van der Waals surface area contributed by atoms with Crippen molar-refractivity contribution in [1.29, 1.82) is 0 Å². The molecule has 2 aromatic carbocycles. The minimum absolute atomic E-state index is 0.347. The molecule has 0 spiro atoms. The predicted octanol–water partition coefficient (Wildman–Crippen LogP) is 5.21. The molecule has 7 heteroatoms. The average molecular weight is 581 g/mol. The van der Waals surface area contributed by atoms with E-state index in [1.165, 1.54) is 0 Å². The van der Waals surface area contributed by atoms with Gasteiger partial charge in [-0.1, -0.05) is 24.3 Å². The van der Waals surface area contributed by atoms with Crippen LogP contribution in [0.5, 0.6) is 5.75 Å². The number of hydrogen-bond acceptors (Lipinski definition) is 5. The molecule has 0 unspecified atom stereocenters. The van der Waals surface area contributed by atoms with Crippen LogP contribution in [0.2, 0.25) is 0 Å². The number of aromatic hydroxyl groups is 1. The third-order valence-corrected chi connectivity index (χ3v) is 5.58. The zero-order valence-corrected chi connectivity index (χ0v) is 18.6. The number of benzene rings is 2. The summed E-state index contributed by atoms with van der Waals surface area (Å²) in [6.07, 6.45) is 2.17. The molecule has 0 amide bonds. The summed E-state index contributed by atoms with van der Waals surface area (Å²) in [5.74, 6) is 0.347. The zero-order valence-electron chi connectivity index (χ0n) is 14.3. The Bertz CT molecular complexity index is 725. The third kappa shape index (κ3) is 6.75. The van der Waals surface area contributed by atoms with Crippen molar-refractivity contribution in [3.8, 4) is 5.75 Å². The average Bonchev–Trinajstić information content (AvgIpc) is 2.63. The van der Waals surface area contributed by atoms with Crippen LogP contribution in [0.15, 0.2) is 41.6 Å². The van der Waals surface area contributed by atoms with Gasteiger partial charge in [0, 0.05) is 16.8 Å². The van der Waals surface area contributed by atoms with Gasteiger partial charge in [-0.25, -0.2) is 0 Å². The smallest absolute Gasteiger partial charge is 0.132 e. The maximum atomic E-state index is 10.9. The van der Waals surface area contributed by atoms with E-state index in [0.29, 0.717) is 50.7 Å². The Labute approximate surface area is 180 Å². The quantitative estimate of drug-likeness (QED) is 0.225. The van der Waals surface area contributed by atoms with Crippen molar-refractivity contribution in [3.05, 3.63) is 59.6 Å². The zero-order chi connectivity index (χ0) is 18.8. The lowest BCUT2D eigenvalue weighted by Crippen LogP contribution is -2.06. The van der Waals surface area contributed by atoms with Gasteiger partial charge in [0.25, 0.3) is 0 Å². The lowest BCUT2D eigenvalue weighted by atomic mass is 10.1. The van der Waals surface area contributed by atoms with E-state index in [1.54, 1.807) is 0 Å². The first-order valence-corrected chi connectivity index (χ1v) is 10.5. The number of hydrogen-bond donors (Lipinski definition) is 1. The second-order valence-corrected chi connectivity index (χ2v) is 7.99. The van der Waals surface area contributed by atoms with Gasteiger partial charge in [-0.15, -0.1) is 4.91 Å². The summed E-state index contributed by atoms with van der Waals surface area (Å²) in [6.45, 7) is 2.36. The third-order valence-electron chi connectivity index (χ3n) is 3.84. The van der Waals surface area contributed by atoms with Gasteiger partial charge in [0.2, 0.25) is 0 Å². The van der Waals surface area contributed by atoms with E-state index in [1.807, 2.05) is 36.4 Å². The predicted molar refractivity (Wildman–Crippen MR) is 119 cm³/mol. The van der Waals surface area contributed by atoms with Crippen LogP contribution in [0.1, 0.15) is 17.5 Å². The standard InChI is InChI=1S/C19H21I2NO4/c20-16-6-1-4-14(18(16)22-24)8-12-25-10-3-11-26-13-9-15-5-2-7-17(21)19(15)23/h1-2,4-7,23H,3,8-13H2. The molecule has 1 N–H and O–H groups in total. The summed E-state index contributed by atoms with van der Waals surface area (Å²) in [5, 5.41) is 13.0. The lowest BCUT2D eigenvalue weighted by Gasteiger charge is -2.08. The number of para-hydroxylation sites is 1. The number of rotatable bonds is 11. The molecule has 0 aromatic heterocycles. The largest absolute Gasteiger partial charge is 0.507 e. The van der Waals surface area contributed by atoms with Gasteiger partial charge in [0.05, 0.1) is 16.8 Å². The Balaban J connectivity index is 1.55. The first-order valence-electron chi connectivity index (χ1n) is 8.36. The van der Waals surface area contributed by atoms with Crippen LogP contribution in [0.3, 0.4) is 0 Å². The highest BCUT2D eigenvalue weighted by molar-refractivity contribution is 14.1. The first-order chi connectivity index (χ1) is 12.6. The minimum Gasteiger partial charge on any atom is -0.507 e. The van der Waals surface area contributed by atoms with Crippen molar-refractivity contribution in [2.45, 2.75) is 19.3 Å². The van der Waals surface area contributed by atoms with Crippen LogP contribution < -0.4 is 0 Å². The fraction of sp³-hybridized carbons (Fsp3) is 0.368. The number of phenols is 1. The highest BCUT2D eigenvalue weighted by atomic mass is 127. The maximum Gasteiger partial charge on any atom is 0.132 e. The van der Waals surface area contributed by atoms with Gasteiger partial charge in [0.15, 0.2) is 0 Å². The number of phenolic OH excluding ortho intramolecular Hbond substituents is 1. The van der Waals surface area contributed by atoms with Crippen molar-refractivity contribution < 1.29 is 14.6 Å². The number of nitroso groups, excluding NO2 is 1. The highest BCUT2D eigenvalue weighted by Crippen LogP contribution is 2.26. The molecule has 0 aliphatic rings. The topological polar surface area (TPSA) is 68.1 Å². The Morgan fingerprint density at radius 3 is 2.08 bits per heavy atom. The second kappa shape index (κ2) is 11.8. The molecule has 2 aromatic rings. The van der Waals surface area contributed by atoms with Crippen molar-refractivity contribution in [1.82, 2.24) is 0 Å². The van der Waals surface area contributed by atoms with E-state index in [0.717, 1.165) is 24.7 Å². The normalized spacial score (nSPS) is 10.8. The van der Waals surface area contributed by atoms with Crippen LogP contribution in [0.4, 0.5) is 5.69 Å². The van der Waals surface area contributed by atoms with E-state index < -0.39 is 0 Å². The van der Waals surface area contributed by atoms with Gasteiger partial charge in [-0.3, -0.25) is 0 Å². The molecule has 0 radical (unpaired) electrons. The minimum atomic E-state index is 0.347.